The Hall–Kier alpha value is -4.14. The van der Waals surface area contributed by atoms with Crippen LogP contribution in [0.4, 0.5) is 36.4 Å². The molecule has 0 spiro atoms. The molecule has 0 atom stereocenters. The number of hydrogen-bond donors (Lipinski definition) is 2. The lowest BCUT2D eigenvalue weighted by atomic mass is 10.1. The van der Waals surface area contributed by atoms with E-state index in [9.17, 15) is 26.4 Å². The monoisotopic (exact) mass is 553 g/mol. The summed E-state index contributed by atoms with van der Waals surface area (Å²) >= 11 is 0. The standard InChI is InChI=1S/C23H26F3N7O4S/c1-32(2)21(34)14-8-9-17(18(11-14)37-4)30-22-29-13-16(23(24,25)26)19(31-22)28-12-15-7-6-10-27-20(15)33(3)38(5,35)36/h6-11,13H,12H2,1-5H3,(H2,28,29,30,31). The third kappa shape index (κ3) is 6.59. The fourth-order valence-electron chi connectivity index (χ4n) is 3.28. The van der Waals surface area contributed by atoms with E-state index in [1.807, 2.05) is 0 Å². The minimum atomic E-state index is -4.77. The number of benzene rings is 1. The maximum Gasteiger partial charge on any atom is 0.421 e. The highest BCUT2D eigenvalue weighted by Crippen LogP contribution is 2.35. The molecular formula is C23H26F3N7O4S. The second-order valence-corrected chi connectivity index (χ2v) is 10.3. The number of alkyl halides is 3. The van der Waals surface area contributed by atoms with E-state index in [2.05, 4.69) is 25.6 Å². The molecule has 204 valence electrons. The summed E-state index contributed by atoms with van der Waals surface area (Å²) in [5, 5.41) is 5.43. The van der Waals surface area contributed by atoms with Crippen LogP contribution in [0.3, 0.4) is 0 Å². The maximum absolute atomic E-state index is 13.7. The van der Waals surface area contributed by atoms with Crippen LogP contribution in [-0.2, 0) is 22.7 Å². The van der Waals surface area contributed by atoms with Gasteiger partial charge in [0.2, 0.25) is 16.0 Å². The summed E-state index contributed by atoms with van der Waals surface area (Å²) in [5.74, 6) is -0.668. The van der Waals surface area contributed by atoms with Gasteiger partial charge in [0.1, 0.15) is 22.9 Å². The summed E-state index contributed by atoms with van der Waals surface area (Å²) in [6.07, 6.45) is -1.78. The van der Waals surface area contributed by atoms with Crippen molar-refractivity contribution in [1.29, 1.82) is 0 Å². The number of ether oxygens (including phenoxy) is 1. The summed E-state index contributed by atoms with van der Waals surface area (Å²) in [6, 6.07) is 7.60. The predicted octanol–water partition coefficient (Wildman–Crippen LogP) is 3.35. The first-order chi connectivity index (χ1) is 17.7. The van der Waals surface area contributed by atoms with Crippen LogP contribution in [0.2, 0.25) is 0 Å². The Labute approximate surface area is 217 Å². The molecule has 11 nitrogen and oxygen atoms in total. The molecule has 15 heteroatoms. The Kier molecular flexibility index (Phi) is 8.29. The van der Waals surface area contributed by atoms with Gasteiger partial charge in [-0.1, -0.05) is 6.07 Å². The van der Waals surface area contributed by atoms with Gasteiger partial charge in [0.25, 0.3) is 5.91 Å². The topological polar surface area (TPSA) is 130 Å². The first kappa shape index (κ1) is 28.4. The molecule has 0 unspecified atom stereocenters. The van der Waals surface area contributed by atoms with Gasteiger partial charge in [0.05, 0.1) is 19.1 Å². The van der Waals surface area contributed by atoms with Gasteiger partial charge in [-0.25, -0.2) is 18.4 Å². The van der Waals surface area contributed by atoms with Crippen molar-refractivity contribution >= 4 is 39.2 Å². The second kappa shape index (κ2) is 11.1. The van der Waals surface area contributed by atoms with Crippen LogP contribution in [-0.4, -0.2) is 68.7 Å². The maximum atomic E-state index is 13.7. The number of pyridine rings is 1. The number of rotatable bonds is 9. The van der Waals surface area contributed by atoms with Crippen molar-refractivity contribution in [3.05, 3.63) is 59.4 Å². The number of carbonyl (C=O) groups is 1. The van der Waals surface area contributed by atoms with Crippen molar-refractivity contribution in [2.24, 2.45) is 0 Å². The molecule has 0 fully saturated rings. The molecular weight excluding hydrogens is 527 g/mol. The highest BCUT2D eigenvalue weighted by molar-refractivity contribution is 7.92. The quantitative estimate of drug-likeness (QED) is 0.410. The van der Waals surface area contributed by atoms with Crippen LogP contribution in [0.15, 0.2) is 42.7 Å². The molecule has 38 heavy (non-hydrogen) atoms. The summed E-state index contributed by atoms with van der Waals surface area (Å²) < 4.78 is 71.3. The molecule has 0 aliphatic heterocycles. The number of sulfonamides is 1. The van der Waals surface area contributed by atoms with Gasteiger partial charge in [-0.05, 0) is 24.3 Å². The van der Waals surface area contributed by atoms with Gasteiger partial charge in [0.15, 0.2) is 0 Å². The Balaban J connectivity index is 1.94. The first-order valence-corrected chi connectivity index (χ1v) is 12.8. The molecule has 0 saturated heterocycles. The highest BCUT2D eigenvalue weighted by atomic mass is 32.2. The molecule has 0 radical (unpaired) electrons. The lowest BCUT2D eigenvalue weighted by Crippen LogP contribution is -2.27. The van der Waals surface area contributed by atoms with Crippen molar-refractivity contribution < 1.29 is 31.1 Å². The van der Waals surface area contributed by atoms with Crippen molar-refractivity contribution in [2.45, 2.75) is 12.7 Å². The molecule has 1 aromatic carbocycles. The average molecular weight is 554 g/mol. The molecule has 2 aromatic heterocycles. The minimum Gasteiger partial charge on any atom is -0.495 e. The van der Waals surface area contributed by atoms with Crippen LogP contribution in [0.1, 0.15) is 21.5 Å². The number of hydrogen-bond acceptors (Lipinski definition) is 9. The number of methoxy groups -OCH3 is 1. The first-order valence-electron chi connectivity index (χ1n) is 10.9. The SMILES string of the molecule is COc1cc(C(=O)N(C)C)ccc1Nc1ncc(C(F)(F)F)c(NCc2cccnc2N(C)S(C)(=O)=O)n1. The Bertz CT molecular complexity index is 1430. The van der Waals surface area contributed by atoms with Crippen molar-refractivity contribution in [3.8, 4) is 5.75 Å². The van der Waals surface area contributed by atoms with Crippen molar-refractivity contribution in [3.63, 3.8) is 0 Å². The normalized spacial score (nSPS) is 11.6. The number of amides is 1. The average Bonchev–Trinajstić information content (AvgIpc) is 2.85. The number of carbonyl (C=O) groups excluding carboxylic acids is 1. The second-order valence-electron chi connectivity index (χ2n) is 8.26. The van der Waals surface area contributed by atoms with E-state index in [1.165, 1.54) is 55.6 Å². The molecule has 0 saturated carbocycles. The van der Waals surface area contributed by atoms with E-state index in [0.717, 1.165) is 10.6 Å². The summed E-state index contributed by atoms with van der Waals surface area (Å²) in [4.78, 5) is 25.5. The number of anilines is 4. The van der Waals surface area contributed by atoms with Gasteiger partial charge in [-0.2, -0.15) is 18.2 Å². The minimum absolute atomic E-state index is 0.0561. The third-order valence-electron chi connectivity index (χ3n) is 5.30. The Morgan fingerprint density at radius 2 is 1.84 bits per heavy atom. The van der Waals surface area contributed by atoms with E-state index >= 15 is 0 Å². The van der Waals surface area contributed by atoms with Gasteiger partial charge < -0.3 is 20.3 Å². The van der Waals surface area contributed by atoms with E-state index < -0.39 is 27.6 Å². The van der Waals surface area contributed by atoms with E-state index in [-0.39, 0.29) is 30.0 Å². The van der Waals surface area contributed by atoms with Crippen LogP contribution < -0.4 is 19.7 Å². The summed E-state index contributed by atoms with van der Waals surface area (Å²) in [7, 11) is 2.20. The summed E-state index contributed by atoms with van der Waals surface area (Å²) in [6.45, 7) is -0.215. The van der Waals surface area contributed by atoms with E-state index in [0.29, 0.717) is 23.0 Å². The molecule has 0 aliphatic rings. The summed E-state index contributed by atoms with van der Waals surface area (Å²) in [5.41, 5.74) is -0.134. The largest absolute Gasteiger partial charge is 0.495 e. The van der Waals surface area contributed by atoms with Crippen LogP contribution in [0, 0.1) is 0 Å². The van der Waals surface area contributed by atoms with Gasteiger partial charge >= 0.3 is 6.18 Å². The molecule has 3 aromatic rings. The number of nitrogens with zero attached hydrogens (tertiary/aromatic N) is 5. The highest BCUT2D eigenvalue weighted by Gasteiger charge is 2.35. The molecule has 1 amide bonds. The Morgan fingerprint density at radius 3 is 2.45 bits per heavy atom. The molecule has 2 N–H and O–H groups in total. The zero-order valence-electron chi connectivity index (χ0n) is 21.2. The van der Waals surface area contributed by atoms with E-state index in [4.69, 9.17) is 4.74 Å². The lowest BCUT2D eigenvalue weighted by molar-refractivity contribution is -0.137. The van der Waals surface area contributed by atoms with Crippen LogP contribution >= 0.6 is 0 Å². The zero-order valence-corrected chi connectivity index (χ0v) is 22.0. The zero-order chi connectivity index (χ0) is 28.3. The predicted molar refractivity (Wildman–Crippen MR) is 136 cm³/mol. The third-order valence-corrected chi connectivity index (χ3v) is 6.47. The van der Waals surface area contributed by atoms with Crippen LogP contribution in [0.5, 0.6) is 5.75 Å². The molecule has 2 heterocycles. The lowest BCUT2D eigenvalue weighted by Gasteiger charge is -2.20. The smallest absolute Gasteiger partial charge is 0.421 e. The van der Waals surface area contributed by atoms with Gasteiger partial charge in [-0.3, -0.25) is 9.10 Å². The van der Waals surface area contributed by atoms with E-state index in [1.54, 1.807) is 14.1 Å². The van der Waals surface area contributed by atoms with Gasteiger partial charge in [0, 0.05) is 51.2 Å². The van der Waals surface area contributed by atoms with Crippen molar-refractivity contribution in [1.82, 2.24) is 19.9 Å². The number of aromatic nitrogens is 3. The molecule has 3 rings (SSSR count). The molecule has 0 aliphatic carbocycles. The van der Waals surface area contributed by atoms with Gasteiger partial charge in [-0.15, -0.1) is 0 Å². The fraction of sp³-hybridized carbons (Fsp3) is 0.304. The Morgan fingerprint density at radius 1 is 1.13 bits per heavy atom. The fourth-order valence-corrected chi connectivity index (χ4v) is 3.76. The number of nitrogens with one attached hydrogen (secondary N) is 2. The van der Waals surface area contributed by atoms with Crippen molar-refractivity contribution in [2.75, 3.05) is 49.4 Å². The van der Waals surface area contributed by atoms with Crippen LogP contribution in [0.25, 0.3) is 0 Å². The molecule has 0 bridgehead atoms. The number of halogens is 3.